The van der Waals surface area contributed by atoms with Gasteiger partial charge in [-0.15, -0.1) is 18.9 Å². The minimum absolute atomic E-state index is 0.603. The molecule has 1 aliphatic rings. The van der Waals surface area contributed by atoms with Crippen LogP contribution in [0.4, 0.5) is 0 Å². The average Bonchev–Trinajstić information content (AvgIpc) is 2.89. The topological polar surface area (TPSA) is 12.4 Å². The summed E-state index contributed by atoms with van der Waals surface area (Å²) in [5, 5.41) is 0. The Balaban J connectivity index is 2.78. The zero-order chi connectivity index (χ0) is 15.7. The van der Waals surface area contributed by atoms with Gasteiger partial charge in [0.25, 0.3) is 0 Å². The van der Waals surface area contributed by atoms with Crippen molar-refractivity contribution in [1.29, 1.82) is 0 Å². The van der Waals surface area contributed by atoms with Gasteiger partial charge in [0.2, 0.25) is 0 Å². The highest BCUT2D eigenvalue weighted by molar-refractivity contribution is 6.00. The van der Waals surface area contributed by atoms with E-state index in [0.29, 0.717) is 5.92 Å². The van der Waals surface area contributed by atoms with E-state index in [4.69, 9.17) is 6.42 Å². The predicted molar refractivity (Wildman–Crippen MR) is 94.6 cm³/mol. The van der Waals surface area contributed by atoms with E-state index in [1.54, 1.807) is 0 Å². The number of unbranched alkanes of at least 4 members (excludes halogenated alkanes) is 1. The molecular formula is C20H31N. The molecular weight excluding hydrogens is 254 g/mol. The molecule has 0 fully saturated rings. The van der Waals surface area contributed by atoms with Crippen molar-refractivity contribution in [1.82, 2.24) is 0 Å². The van der Waals surface area contributed by atoms with Crippen LogP contribution in [0.5, 0.6) is 0 Å². The van der Waals surface area contributed by atoms with Crippen LogP contribution in [-0.4, -0.2) is 12.8 Å². The first-order valence-corrected chi connectivity index (χ1v) is 8.42. The lowest BCUT2D eigenvalue weighted by molar-refractivity contribution is 0.242. The first kappa shape index (κ1) is 17.8. The van der Waals surface area contributed by atoms with E-state index in [1.807, 2.05) is 13.1 Å². The molecule has 0 heterocycles. The van der Waals surface area contributed by atoms with Gasteiger partial charge >= 0.3 is 0 Å². The molecule has 3 unspecified atom stereocenters. The summed E-state index contributed by atoms with van der Waals surface area (Å²) in [6, 6.07) is 0. The molecule has 1 aliphatic carbocycles. The van der Waals surface area contributed by atoms with Crippen LogP contribution < -0.4 is 0 Å². The summed E-state index contributed by atoms with van der Waals surface area (Å²) in [6.07, 6.45) is 17.7. The maximum Gasteiger partial charge on any atom is 0.0381 e. The highest BCUT2D eigenvalue weighted by Crippen LogP contribution is 2.39. The smallest absolute Gasteiger partial charge is 0.0381 e. The fourth-order valence-corrected chi connectivity index (χ4v) is 3.82. The summed E-state index contributed by atoms with van der Waals surface area (Å²) >= 11 is 0. The Kier molecular flexibility index (Phi) is 8.13. The van der Waals surface area contributed by atoms with Crippen molar-refractivity contribution < 1.29 is 0 Å². The second kappa shape index (κ2) is 9.61. The van der Waals surface area contributed by atoms with E-state index in [0.717, 1.165) is 31.1 Å². The minimum atomic E-state index is 0.603. The van der Waals surface area contributed by atoms with Crippen LogP contribution in [-0.2, 0) is 0 Å². The van der Waals surface area contributed by atoms with Gasteiger partial charge < -0.3 is 0 Å². The Hall–Kier alpha value is -1.29. The summed E-state index contributed by atoms with van der Waals surface area (Å²) in [7, 11) is 1.93. The van der Waals surface area contributed by atoms with Gasteiger partial charge in [0.1, 0.15) is 0 Å². The quantitative estimate of drug-likeness (QED) is 0.304. The molecule has 0 aromatic heterocycles. The summed E-state index contributed by atoms with van der Waals surface area (Å²) in [5.41, 5.74) is 2.79. The van der Waals surface area contributed by atoms with Crippen LogP contribution >= 0.6 is 0 Å². The fourth-order valence-electron chi connectivity index (χ4n) is 3.82. The van der Waals surface area contributed by atoms with Crippen molar-refractivity contribution in [3.63, 3.8) is 0 Å². The fraction of sp³-hybridized carbons (Fsp3) is 0.650. The number of nitrogens with zero attached hydrogens (tertiary/aromatic N) is 1. The molecule has 0 spiro atoms. The molecule has 1 heteroatoms. The zero-order valence-electron chi connectivity index (χ0n) is 14.1. The van der Waals surface area contributed by atoms with Crippen LogP contribution in [0, 0.1) is 30.1 Å². The van der Waals surface area contributed by atoms with Crippen molar-refractivity contribution in [3.8, 4) is 12.3 Å². The van der Waals surface area contributed by atoms with Crippen molar-refractivity contribution in [3.05, 3.63) is 24.3 Å². The number of aliphatic imine (C=N–C) groups is 1. The molecule has 3 atom stereocenters. The SMILES string of the molecule is C#CCCCC(CC)C(CC)C1CC(CC=C)=CC1=NC. The second-order valence-electron chi connectivity index (χ2n) is 6.09. The van der Waals surface area contributed by atoms with E-state index in [9.17, 15) is 0 Å². The first-order chi connectivity index (χ1) is 10.2. The molecule has 0 radical (unpaired) electrons. The van der Waals surface area contributed by atoms with Gasteiger partial charge in [0.15, 0.2) is 0 Å². The summed E-state index contributed by atoms with van der Waals surface area (Å²) < 4.78 is 0. The molecule has 0 saturated carbocycles. The van der Waals surface area contributed by atoms with Crippen LogP contribution in [0.2, 0.25) is 0 Å². The van der Waals surface area contributed by atoms with Gasteiger partial charge in [-0.2, -0.15) is 0 Å². The zero-order valence-corrected chi connectivity index (χ0v) is 14.1. The molecule has 1 nitrogen and oxygen atoms in total. The van der Waals surface area contributed by atoms with Gasteiger partial charge in [0.05, 0.1) is 0 Å². The van der Waals surface area contributed by atoms with Crippen molar-refractivity contribution in [2.24, 2.45) is 22.7 Å². The van der Waals surface area contributed by atoms with Gasteiger partial charge in [-0.25, -0.2) is 0 Å². The third kappa shape index (κ3) is 4.88. The third-order valence-electron chi connectivity index (χ3n) is 4.89. The number of rotatable bonds is 9. The Bertz CT molecular complexity index is 422. The Morgan fingerprint density at radius 1 is 1.48 bits per heavy atom. The highest BCUT2D eigenvalue weighted by atomic mass is 14.7. The Morgan fingerprint density at radius 2 is 2.24 bits per heavy atom. The van der Waals surface area contributed by atoms with Crippen LogP contribution in [0.3, 0.4) is 0 Å². The second-order valence-corrected chi connectivity index (χ2v) is 6.09. The average molecular weight is 285 g/mol. The number of hydrogen-bond acceptors (Lipinski definition) is 1. The predicted octanol–water partition coefficient (Wildman–Crippen LogP) is 5.44. The molecule has 0 amide bonds. The molecule has 0 bridgehead atoms. The van der Waals surface area contributed by atoms with Crippen LogP contribution in [0.25, 0.3) is 0 Å². The third-order valence-corrected chi connectivity index (χ3v) is 4.89. The van der Waals surface area contributed by atoms with E-state index in [2.05, 4.69) is 37.4 Å². The Labute approximate surface area is 131 Å². The van der Waals surface area contributed by atoms with E-state index in [1.165, 1.54) is 37.0 Å². The molecule has 1 rings (SSSR count). The van der Waals surface area contributed by atoms with Crippen molar-refractivity contribution >= 4 is 5.71 Å². The first-order valence-electron chi connectivity index (χ1n) is 8.42. The van der Waals surface area contributed by atoms with Gasteiger partial charge in [-0.1, -0.05) is 38.3 Å². The van der Waals surface area contributed by atoms with Gasteiger partial charge in [-0.05, 0) is 43.6 Å². The van der Waals surface area contributed by atoms with E-state index >= 15 is 0 Å². The van der Waals surface area contributed by atoms with Gasteiger partial charge in [0, 0.05) is 25.1 Å². The lowest BCUT2D eigenvalue weighted by atomic mass is 9.74. The maximum absolute atomic E-state index is 5.40. The minimum Gasteiger partial charge on any atom is -0.293 e. The summed E-state index contributed by atoms with van der Waals surface area (Å²) in [4.78, 5) is 4.56. The largest absolute Gasteiger partial charge is 0.293 e. The number of hydrogen-bond donors (Lipinski definition) is 0. The maximum atomic E-state index is 5.40. The van der Waals surface area contributed by atoms with Crippen LogP contribution in [0.15, 0.2) is 29.3 Å². The van der Waals surface area contributed by atoms with E-state index in [-0.39, 0.29) is 0 Å². The highest BCUT2D eigenvalue weighted by Gasteiger charge is 2.33. The van der Waals surface area contributed by atoms with Gasteiger partial charge in [-0.3, -0.25) is 4.99 Å². The summed E-state index contributed by atoms with van der Waals surface area (Å²) in [5.74, 6) is 4.87. The molecule has 0 N–H and O–H groups in total. The van der Waals surface area contributed by atoms with Crippen molar-refractivity contribution in [2.45, 2.75) is 58.8 Å². The number of terminal acetylenes is 1. The summed E-state index contributed by atoms with van der Waals surface area (Å²) in [6.45, 7) is 8.51. The molecule has 21 heavy (non-hydrogen) atoms. The normalized spacial score (nSPS) is 22.7. The lowest BCUT2D eigenvalue weighted by Crippen LogP contribution is -2.26. The van der Waals surface area contributed by atoms with Crippen molar-refractivity contribution in [2.75, 3.05) is 7.05 Å². The lowest BCUT2D eigenvalue weighted by Gasteiger charge is -2.31. The standard InChI is InChI=1S/C20H31N/c1-6-10-11-13-17(8-3)18(9-4)19-14-16(12-7-2)15-20(19)21-5/h1,7,15,17-19H,2,8-14H2,3-5H3. The molecule has 0 saturated heterocycles. The molecule has 0 aliphatic heterocycles. The van der Waals surface area contributed by atoms with Crippen LogP contribution in [0.1, 0.15) is 58.8 Å². The monoisotopic (exact) mass is 285 g/mol. The molecule has 116 valence electrons. The van der Waals surface area contributed by atoms with E-state index < -0.39 is 0 Å². The Morgan fingerprint density at radius 3 is 2.76 bits per heavy atom. The molecule has 0 aromatic carbocycles. The number of allylic oxidation sites excluding steroid dienone is 3. The molecule has 0 aromatic rings.